The summed E-state index contributed by atoms with van der Waals surface area (Å²) in [5.74, 6) is -0.0191. The summed E-state index contributed by atoms with van der Waals surface area (Å²) < 4.78 is 5.55. The van der Waals surface area contributed by atoms with Gasteiger partial charge in [0.15, 0.2) is 0 Å². The van der Waals surface area contributed by atoms with Gasteiger partial charge in [0.25, 0.3) is 0 Å². The van der Waals surface area contributed by atoms with Crippen LogP contribution in [0.1, 0.15) is 37.4 Å². The van der Waals surface area contributed by atoms with Gasteiger partial charge in [-0.15, -0.1) is 11.3 Å². The van der Waals surface area contributed by atoms with Crippen molar-refractivity contribution in [3.8, 4) is 0 Å². The van der Waals surface area contributed by atoms with E-state index < -0.39 is 6.10 Å². The highest BCUT2D eigenvalue weighted by Gasteiger charge is 2.34. The highest BCUT2D eigenvalue weighted by Crippen LogP contribution is 2.30. The molecule has 4 heteroatoms. The van der Waals surface area contributed by atoms with E-state index in [0.29, 0.717) is 16.5 Å². The first-order chi connectivity index (χ1) is 7.38. The Labute approximate surface area is 106 Å². The van der Waals surface area contributed by atoms with E-state index in [2.05, 4.69) is 0 Å². The predicted octanol–water partition coefficient (Wildman–Crippen LogP) is 4.04. The lowest BCUT2D eigenvalue weighted by molar-refractivity contribution is 0.0000883. The zero-order valence-corrected chi connectivity index (χ0v) is 11.6. The van der Waals surface area contributed by atoms with Crippen LogP contribution in [0.15, 0.2) is 11.4 Å². The van der Waals surface area contributed by atoms with Crippen LogP contribution in [0.25, 0.3) is 0 Å². The van der Waals surface area contributed by atoms with E-state index >= 15 is 0 Å². The molecule has 0 N–H and O–H groups in total. The first kappa shape index (κ1) is 13.7. The Morgan fingerprint density at radius 3 is 2.56 bits per heavy atom. The van der Waals surface area contributed by atoms with Gasteiger partial charge in [-0.2, -0.15) is 0 Å². The van der Waals surface area contributed by atoms with Crippen molar-refractivity contribution in [2.45, 2.75) is 33.8 Å². The summed E-state index contributed by atoms with van der Waals surface area (Å²) in [7, 11) is 0. The number of thiophene rings is 1. The second-order valence-corrected chi connectivity index (χ2v) is 5.99. The molecule has 2 nitrogen and oxygen atoms in total. The number of rotatable bonds is 4. The molecule has 1 aromatic heterocycles. The first-order valence-corrected chi connectivity index (χ1v) is 6.52. The number of carbonyl (C=O) groups excluding carboxylic acids is 1. The molecule has 0 saturated heterocycles. The van der Waals surface area contributed by atoms with E-state index in [1.165, 1.54) is 11.3 Å². The van der Waals surface area contributed by atoms with E-state index in [-0.39, 0.29) is 11.2 Å². The number of ether oxygens (including phenoxy) is 1. The maximum Gasteiger partial charge on any atom is 0.203 e. The zero-order chi connectivity index (χ0) is 12.3. The van der Waals surface area contributed by atoms with Gasteiger partial charge in [0.1, 0.15) is 6.10 Å². The molecule has 0 aliphatic carbocycles. The second-order valence-electron chi connectivity index (χ2n) is 4.66. The van der Waals surface area contributed by atoms with Crippen molar-refractivity contribution in [3.63, 3.8) is 0 Å². The Balaban J connectivity index is 2.97. The molecule has 0 aromatic carbocycles. The molecule has 16 heavy (non-hydrogen) atoms. The fraction of sp³-hybridized carbons (Fsp3) is 0.583. The molecule has 0 fully saturated rings. The minimum atomic E-state index is -0.436. The van der Waals surface area contributed by atoms with E-state index in [9.17, 15) is 4.79 Å². The molecular formula is C12H17ClO2S. The number of ketones is 1. The summed E-state index contributed by atoms with van der Waals surface area (Å²) in [5, 5.41) is 2.34. The summed E-state index contributed by atoms with van der Waals surface area (Å²) in [6, 6.07) is 1.74. The Bertz CT molecular complexity index is 365. The average Bonchev–Trinajstić information content (AvgIpc) is 2.58. The maximum absolute atomic E-state index is 12.3. The molecule has 0 aliphatic rings. The SMILES string of the molecule is CCOC(C(=O)c1sccc1Cl)C(C)(C)C. The third-order valence-corrected chi connectivity index (χ3v) is 3.55. The van der Waals surface area contributed by atoms with Gasteiger partial charge in [-0.05, 0) is 23.8 Å². The van der Waals surface area contributed by atoms with E-state index in [1.807, 2.05) is 33.1 Å². The minimum Gasteiger partial charge on any atom is -0.370 e. The first-order valence-electron chi connectivity index (χ1n) is 5.26. The molecule has 0 amide bonds. The maximum atomic E-state index is 12.3. The number of hydrogen-bond donors (Lipinski definition) is 0. The quantitative estimate of drug-likeness (QED) is 0.764. The highest BCUT2D eigenvalue weighted by atomic mass is 35.5. The molecule has 1 heterocycles. The molecule has 1 aromatic rings. The van der Waals surface area contributed by atoms with Crippen molar-refractivity contribution >= 4 is 28.7 Å². The van der Waals surface area contributed by atoms with E-state index in [1.54, 1.807) is 6.07 Å². The molecule has 1 rings (SSSR count). The number of halogens is 1. The number of hydrogen-bond acceptors (Lipinski definition) is 3. The normalized spacial score (nSPS) is 13.8. The monoisotopic (exact) mass is 260 g/mol. The predicted molar refractivity (Wildman–Crippen MR) is 68.5 cm³/mol. The van der Waals surface area contributed by atoms with E-state index in [4.69, 9.17) is 16.3 Å². The summed E-state index contributed by atoms with van der Waals surface area (Å²) >= 11 is 7.33. The van der Waals surface area contributed by atoms with Crippen LogP contribution in [0, 0.1) is 5.41 Å². The van der Waals surface area contributed by atoms with Gasteiger partial charge in [0, 0.05) is 6.61 Å². The lowest BCUT2D eigenvalue weighted by Crippen LogP contribution is -2.36. The van der Waals surface area contributed by atoms with Gasteiger partial charge in [0.05, 0.1) is 9.90 Å². The summed E-state index contributed by atoms with van der Waals surface area (Å²) in [6.45, 7) is 8.39. The molecule has 0 radical (unpaired) electrons. The smallest absolute Gasteiger partial charge is 0.203 e. The standard InChI is InChI=1S/C12H17ClO2S/c1-5-15-11(12(2,3)4)9(14)10-8(13)6-7-16-10/h6-7,11H,5H2,1-4H3. The Morgan fingerprint density at radius 1 is 1.56 bits per heavy atom. The van der Waals surface area contributed by atoms with Crippen molar-refractivity contribution in [2.75, 3.05) is 6.61 Å². The van der Waals surface area contributed by atoms with Crippen molar-refractivity contribution < 1.29 is 9.53 Å². The van der Waals surface area contributed by atoms with Crippen LogP contribution >= 0.6 is 22.9 Å². The number of carbonyl (C=O) groups is 1. The Kier molecular flexibility index (Phi) is 4.53. The molecule has 0 aliphatic heterocycles. The third kappa shape index (κ3) is 3.06. The van der Waals surface area contributed by atoms with Gasteiger partial charge >= 0.3 is 0 Å². The molecule has 0 saturated carbocycles. The molecule has 1 atom stereocenters. The molecular weight excluding hydrogens is 244 g/mol. The number of Topliss-reactive ketones (excluding diaryl/α,β-unsaturated/α-hetero) is 1. The summed E-state index contributed by atoms with van der Waals surface area (Å²) in [6.07, 6.45) is -0.436. The van der Waals surface area contributed by atoms with Crippen LogP contribution in [0.4, 0.5) is 0 Å². The average molecular weight is 261 g/mol. The third-order valence-electron chi connectivity index (χ3n) is 2.20. The van der Waals surface area contributed by atoms with Gasteiger partial charge in [-0.3, -0.25) is 4.79 Å². The Morgan fingerprint density at radius 2 is 2.19 bits per heavy atom. The van der Waals surface area contributed by atoms with Gasteiger partial charge in [0.2, 0.25) is 5.78 Å². The molecule has 0 bridgehead atoms. The highest BCUT2D eigenvalue weighted by molar-refractivity contribution is 7.12. The van der Waals surface area contributed by atoms with Crippen molar-refractivity contribution in [1.29, 1.82) is 0 Å². The fourth-order valence-corrected chi connectivity index (χ4v) is 2.58. The minimum absolute atomic E-state index is 0.0191. The molecule has 0 spiro atoms. The Hall–Kier alpha value is -0.380. The zero-order valence-electron chi connectivity index (χ0n) is 10.0. The van der Waals surface area contributed by atoms with Crippen molar-refractivity contribution in [3.05, 3.63) is 21.3 Å². The summed E-state index contributed by atoms with van der Waals surface area (Å²) in [4.78, 5) is 12.9. The van der Waals surface area contributed by atoms with Gasteiger partial charge in [-0.1, -0.05) is 32.4 Å². The van der Waals surface area contributed by atoms with Crippen LogP contribution in [0.3, 0.4) is 0 Å². The molecule has 90 valence electrons. The largest absolute Gasteiger partial charge is 0.370 e. The van der Waals surface area contributed by atoms with Crippen LogP contribution in [0.2, 0.25) is 5.02 Å². The van der Waals surface area contributed by atoms with Crippen molar-refractivity contribution in [1.82, 2.24) is 0 Å². The van der Waals surface area contributed by atoms with Crippen molar-refractivity contribution in [2.24, 2.45) is 5.41 Å². The lowest BCUT2D eigenvalue weighted by Gasteiger charge is -2.28. The fourth-order valence-electron chi connectivity index (χ4n) is 1.47. The second kappa shape index (κ2) is 5.30. The van der Waals surface area contributed by atoms with E-state index in [0.717, 1.165) is 0 Å². The lowest BCUT2D eigenvalue weighted by atomic mass is 9.86. The van der Waals surface area contributed by atoms with Gasteiger partial charge in [-0.25, -0.2) is 0 Å². The summed E-state index contributed by atoms with van der Waals surface area (Å²) in [5.41, 5.74) is -0.222. The van der Waals surface area contributed by atoms with Crippen LogP contribution in [0.5, 0.6) is 0 Å². The van der Waals surface area contributed by atoms with Gasteiger partial charge < -0.3 is 4.74 Å². The van der Waals surface area contributed by atoms with Crippen LogP contribution in [-0.2, 0) is 4.74 Å². The van der Waals surface area contributed by atoms with Crippen LogP contribution < -0.4 is 0 Å². The topological polar surface area (TPSA) is 26.3 Å². The van der Waals surface area contributed by atoms with Crippen LogP contribution in [-0.4, -0.2) is 18.5 Å². The molecule has 1 unspecified atom stereocenters.